The Balaban J connectivity index is 2.11. The van der Waals surface area contributed by atoms with E-state index >= 15 is 0 Å². The topological polar surface area (TPSA) is 55.7 Å². The first-order chi connectivity index (χ1) is 12.6. The number of rotatable bonds is 4. The first-order valence-corrected chi connectivity index (χ1v) is 10.5. The fourth-order valence-electron chi connectivity index (χ4n) is 3.12. The van der Waals surface area contributed by atoms with Gasteiger partial charge in [-0.3, -0.25) is 0 Å². The molecule has 0 aromatic heterocycles. The number of hydrogen-bond donors (Lipinski definition) is 0. The molecule has 0 saturated heterocycles. The molecule has 5 heteroatoms. The Labute approximate surface area is 161 Å². The Morgan fingerprint density at radius 2 is 1.85 bits per heavy atom. The zero-order chi connectivity index (χ0) is 19.8. The molecule has 0 bridgehead atoms. The van der Waals surface area contributed by atoms with Gasteiger partial charge in [-0.1, -0.05) is 37.3 Å². The van der Waals surface area contributed by atoms with Crippen molar-refractivity contribution in [1.82, 2.24) is 0 Å². The summed E-state index contributed by atoms with van der Waals surface area (Å²) in [4.78, 5) is 0.203. The third-order valence-corrected chi connectivity index (χ3v) is 5.95. The predicted molar refractivity (Wildman–Crippen MR) is 110 cm³/mol. The monoisotopic (exact) mass is 383 g/mol. The van der Waals surface area contributed by atoms with Crippen molar-refractivity contribution in [3.05, 3.63) is 65.7 Å². The first-order valence-electron chi connectivity index (χ1n) is 9.03. The largest absolute Gasteiger partial charge is 0.487 e. The van der Waals surface area contributed by atoms with Gasteiger partial charge in [-0.25, -0.2) is 0 Å². The van der Waals surface area contributed by atoms with Gasteiger partial charge in [-0.05, 0) is 62.6 Å². The summed E-state index contributed by atoms with van der Waals surface area (Å²) in [7, 11) is -3.80. The van der Waals surface area contributed by atoms with Gasteiger partial charge in [0.15, 0.2) is 0 Å². The number of sulfonamides is 1. The van der Waals surface area contributed by atoms with Gasteiger partial charge in [0, 0.05) is 12.0 Å². The fraction of sp³-hybridized carbons (Fsp3) is 0.318. The molecule has 27 heavy (non-hydrogen) atoms. The highest BCUT2D eigenvalue weighted by atomic mass is 32.2. The van der Waals surface area contributed by atoms with Crippen LogP contribution in [0.15, 0.2) is 58.3 Å². The Kier molecular flexibility index (Phi) is 5.00. The summed E-state index contributed by atoms with van der Waals surface area (Å²) in [5.41, 5.74) is 3.63. The van der Waals surface area contributed by atoms with E-state index in [1.807, 2.05) is 58.0 Å². The number of fused-ring (bicyclic) bond motifs is 1. The number of allylic oxidation sites excluding steroid dienone is 1. The zero-order valence-corrected chi connectivity index (χ0v) is 17.1. The van der Waals surface area contributed by atoms with Crippen molar-refractivity contribution in [3.8, 4) is 5.75 Å². The molecule has 0 spiro atoms. The van der Waals surface area contributed by atoms with Crippen LogP contribution in [0.2, 0.25) is 0 Å². The normalized spacial score (nSPS) is 17.3. The van der Waals surface area contributed by atoms with Crippen molar-refractivity contribution in [2.75, 3.05) is 0 Å². The predicted octanol–water partition coefficient (Wildman–Crippen LogP) is 5.02. The lowest BCUT2D eigenvalue weighted by molar-refractivity contribution is 0.111. The number of ether oxygens (including phenoxy) is 1. The second-order valence-corrected chi connectivity index (χ2v) is 9.14. The molecule has 4 nitrogen and oxygen atoms in total. The van der Waals surface area contributed by atoms with Crippen LogP contribution in [0.3, 0.4) is 0 Å². The SMILES string of the molecule is C=C(C)c1ccc2c(c1)/C(=N/S(=O)(=O)c1ccc(CC)cc1)CC(C)(C)O2. The molecule has 0 radical (unpaired) electrons. The summed E-state index contributed by atoms with van der Waals surface area (Å²) in [6.07, 6.45) is 1.27. The van der Waals surface area contributed by atoms with Gasteiger partial charge in [0.2, 0.25) is 0 Å². The lowest BCUT2D eigenvalue weighted by Crippen LogP contribution is -2.36. The average molecular weight is 384 g/mol. The highest BCUT2D eigenvalue weighted by molar-refractivity contribution is 7.90. The molecule has 0 unspecified atom stereocenters. The quantitative estimate of drug-likeness (QED) is 0.745. The summed E-state index contributed by atoms with van der Waals surface area (Å²) in [6.45, 7) is 11.8. The van der Waals surface area contributed by atoms with Crippen LogP contribution in [0, 0.1) is 0 Å². The molecule has 0 saturated carbocycles. The lowest BCUT2D eigenvalue weighted by Gasteiger charge is -2.33. The van der Waals surface area contributed by atoms with Crippen LogP contribution in [0.25, 0.3) is 5.57 Å². The third-order valence-electron chi connectivity index (χ3n) is 4.62. The molecule has 0 fully saturated rings. The van der Waals surface area contributed by atoms with Gasteiger partial charge < -0.3 is 4.74 Å². The minimum atomic E-state index is -3.80. The van der Waals surface area contributed by atoms with Crippen LogP contribution in [-0.4, -0.2) is 19.7 Å². The fourth-order valence-corrected chi connectivity index (χ4v) is 4.16. The molecule has 1 heterocycles. The number of hydrogen-bond acceptors (Lipinski definition) is 3. The number of nitrogens with zero attached hydrogens (tertiary/aromatic N) is 1. The Bertz CT molecular complexity index is 1020. The molecule has 1 aliphatic rings. The molecule has 2 aromatic rings. The highest BCUT2D eigenvalue weighted by Crippen LogP contribution is 2.35. The van der Waals surface area contributed by atoms with E-state index in [-0.39, 0.29) is 4.90 Å². The molecular formula is C22H25NO3S. The highest BCUT2D eigenvalue weighted by Gasteiger charge is 2.32. The standard InChI is InChI=1S/C22H25NO3S/c1-6-16-7-10-18(11-8-16)27(24,25)23-20-14-22(4,5)26-21-12-9-17(15(2)3)13-19(20)21/h7-13H,2,6,14H2,1,3-5H3/b23-20+. The molecule has 3 rings (SSSR count). The van der Waals surface area contributed by atoms with Crippen LogP contribution < -0.4 is 4.74 Å². The van der Waals surface area contributed by atoms with Crippen molar-refractivity contribution in [1.29, 1.82) is 0 Å². The van der Waals surface area contributed by atoms with Crippen molar-refractivity contribution >= 4 is 21.3 Å². The second kappa shape index (κ2) is 6.97. The molecular weight excluding hydrogens is 358 g/mol. The Hall–Kier alpha value is -2.40. The summed E-state index contributed by atoms with van der Waals surface area (Å²) in [5.74, 6) is 0.645. The summed E-state index contributed by atoms with van der Waals surface area (Å²) >= 11 is 0. The van der Waals surface area contributed by atoms with E-state index < -0.39 is 15.6 Å². The van der Waals surface area contributed by atoms with Gasteiger partial charge in [-0.15, -0.1) is 0 Å². The summed E-state index contributed by atoms with van der Waals surface area (Å²) < 4.78 is 36.0. The van der Waals surface area contributed by atoms with E-state index in [1.54, 1.807) is 12.1 Å². The Morgan fingerprint density at radius 1 is 1.19 bits per heavy atom. The minimum absolute atomic E-state index is 0.203. The van der Waals surface area contributed by atoms with Gasteiger partial charge >= 0.3 is 0 Å². The lowest BCUT2D eigenvalue weighted by atomic mass is 9.91. The summed E-state index contributed by atoms with van der Waals surface area (Å²) in [6, 6.07) is 12.6. The van der Waals surface area contributed by atoms with E-state index in [0.29, 0.717) is 23.4 Å². The van der Waals surface area contributed by atoms with Gasteiger partial charge in [-0.2, -0.15) is 12.8 Å². The minimum Gasteiger partial charge on any atom is -0.487 e. The first kappa shape index (κ1) is 19.4. The third kappa shape index (κ3) is 4.14. The van der Waals surface area contributed by atoms with Crippen LogP contribution in [0.1, 0.15) is 50.8 Å². The van der Waals surface area contributed by atoms with Crippen LogP contribution >= 0.6 is 0 Å². The maximum absolute atomic E-state index is 12.9. The van der Waals surface area contributed by atoms with E-state index in [9.17, 15) is 8.42 Å². The van der Waals surface area contributed by atoms with Crippen molar-refractivity contribution < 1.29 is 13.2 Å². The average Bonchev–Trinajstić information content (AvgIpc) is 2.60. The molecule has 0 aliphatic carbocycles. The van der Waals surface area contributed by atoms with E-state index in [1.165, 1.54) is 0 Å². The maximum atomic E-state index is 12.9. The van der Waals surface area contributed by atoms with Crippen LogP contribution in [0.4, 0.5) is 0 Å². The van der Waals surface area contributed by atoms with Crippen molar-refractivity contribution in [2.24, 2.45) is 4.40 Å². The van der Waals surface area contributed by atoms with Crippen molar-refractivity contribution in [2.45, 2.75) is 51.0 Å². The van der Waals surface area contributed by atoms with Gasteiger partial charge in [0.1, 0.15) is 11.4 Å². The van der Waals surface area contributed by atoms with Crippen LogP contribution in [0.5, 0.6) is 5.75 Å². The number of benzene rings is 2. The second-order valence-electron chi connectivity index (χ2n) is 7.54. The molecule has 0 atom stereocenters. The zero-order valence-electron chi connectivity index (χ0n) is 16.2. The van der Waals surface area contributed by atoms with Crippen LogP contribution in [-0.2, 0) is 16.4 Å². The Morgan fingerprint density at radius 3 is 2.44 bits per heavy atom. The van der Waals surface area contributed by atoms with Crippen molar-refractivity contribution in [3.63, 3.8) is 0 Å². The molecule has 142 valence electrons. The molecule has 1 aliphatic heterocycles. The van der Waals surface area contributed by atoms with E-state index in [0.717, 1.165) is 23.1 Å². The number of aryl methyl sites for hydroxylation is 1. The smallest absolute Gasteiger partial charge is 0.282 e. The van der Waals surface area contributed by atoms with E-state index in [4.69, 9.17) is 4.74 Å². The molecule has 0 N–H and O–H groups in total. The maximum Gasteiger partial charge on any atom is 0.282 e. The van der Waals surface area contributed by atoms with Gasteiger partial charge in [0.25, 0.3) is 10.0 Å². The summed E-state index contributed by atoms with van der Waals surface area (Å²) in [5, 5.41) is 0. The van der Waals surface area contributed by atoms with E-state index in [2.05, 4.69) is 11.0 Å². The molecule has 2 aromatic carbocycles. The molecule has 0 amide bonds. The van der Waals surface area contributed by atoms with Gasteiger partial charge in [0.05, 0.1) is 10.6 Å².